The summed E-state index contributed by atoms with van der Waals surface area (Å²) in [4.78, 5) is 15.0. The standard InChI is InChI=1S/C20H25ClN4O2.ClH/c1-14-13-27-19(16-6-2-3-7-17(16)21)12-24(14)20(26)18-8-10-25(23-18)15-5-4-9-22-11-15;/h2-3,6-8,10,14-15,19,22H,4-5,9,11-13H2,1H3;1H. The molecule has 28 heavy (non-hydrogen) atoms. The van der Waals surface area contributed by atoms with Gasteiger partial charge in [-0.25, -0.2) is 0 Å². The number of ether oxygens (including phenoxy) is 1. The molecule has 2 aliphatic heterocycles. The van der Waals surface area contributed by atoms with Crippen LogP contribution in [-0.2, 0) is 4.74 Å². The number of hydrogen-bond donors (Lipinski definition) is 1. The first-order valence-corrected chi connectivity index (χ1v) is 9.94. The van der Waals surface area contributed by atoms with Gasteiger partial charge in [-0.1, -0.05) is 29.8 Å². The van der Waals surface area contributed by atoms with E-state index in [9.17, 15) is 4.79 Å². The summed E-state index contributed by atoms with van der Waals surface area (Å²) >= 11 is 6.32. The Hall–Kier alpha value is -1.60. The van der Waals surface area contributed by atoms with Crippen LogP contribution in [0.15, 0.2) is 36.5 Å². The van der Waals surface area contributed by atoms with E-state index in [4.69, 9.17) is 16.3 Å². The van der Waals surface area contributed by atoms with Crippen molar-refractivity contribution in [2.75, 3.05) is 26.2 Å². The third-order valence-corrected chi connectivity index (χ3v) is 5.76. The fourth-order valence-corrected chi connectivity index (χ4v) is 4.08. The highest BCUT2D eigenvalue weighted by Crippen LogP contribution is 2.30. The van der Waals surface area contributed by atoms with Gasteiger partial charge in [-0.2, -0.15) is 5.10 Å². The van der Waals surface area contributed by atoms with E-state index in [1.807, 2.05) is 53.0 Å². The van der Waals surface area contributed by atoms with Gasteiger partial charge in [0.05, 0.1) is 25.2 Å². The average molecular weight is 425 g/mol. The van der Waals surface area contributed by atoms with E-state index in [2.05, 4.69) is 10.4 Å². The zero-order chi connectivity index (χ0) is 18.8. The Morgan fingerprint density at radius 1 is 1.32 bits per heavy atom. The monoisotopic (exact) mass is 424 g/mol. The zero-order valence-electron chi connectivity index (χ0n) is 15.9. The number of carbonyl (C=O) groups is 1. The summed E-state index contributed by atoms with van der Waals surface area (Å²) in [6.45, 7) is 4.91. The summed E-state index contributed by atoms with van der Waals surface area (Å²) in [6, 6.07) is 9.78. The summed E-state index contributed by atoms with van der Waals surface area (Å²) in [6.07, 6.45) is 3.92. The largest absolute Gasteiger partial charge is 0.369 e. The van der Waals surface area contributed by atoms with Crippen LogP contribution in [0.4, 0.5) is 0 Å². The van der Waals surface area contributed by atoms with Crippen molar-refractivity contribution in [3.8, 4) is 0 Å². The van der Waals surface area contributed by atoms with Gasteiger partial charge in [0, 0.05) is 23.3 Å². The van der Waals surface area contributed by atoms with Gasteiger partial charge in [-0.3, -0.25) is 9.48 Å². The Labute approximate surface area is 176 Å². The second kappa shape index (κ2) is 9.27. The van der Waals surface area contributed by atoms with Gasteiger partial charge in [-0.15, -0.1) is 12.4 Å². The molecule has 0 spiro atoms. The number of hydrogen-bond acceptors (Lipinski definition) is 4. The van der Waals surface area contributed by atoms with E-state index in [0.29, 0.717) is 29.9 Å². The Balaban J connectivity index is 0.00000225. The first kappa shape index (κ1) is 21.1. The molecular formula is C20H26Cl2N4O2. The molecule has 1 aromatic carbocycles. The predicted molar refractivity (Wildman–Crippen MR) is 111 cm³/mol. The van der Waals surface area contributed by atoms with Crippen molar-refractivity contribution in [3.63, 3.8) is 0 Å². The third kappa shape index (κ3) is 4.35. The van der Waals surface area contributed by atoms with E-state index in [1.54, 1.807) is 0 Å². The van der Waals surface area contributed by atoms with E-state index in [-0.39, 0.29) is 30.5 Å². The number of nitrogens with zero attached hydrogens (tertiary/aromatic N) is 3. The lowest BCUT2D eigenvalue weighted by Crippen LogP contribution is -2.48. The van der Waals surface area contributed by atoms with Gasteiger partial charge >= 0.3 is 0 Å². The molecule has 2 aliphatic rings. The molecule has 2 saturated heterocycles. The molecule has 152 valence electrons. The minimum absolute atomic E-state index is 0. The van der Waals surface area contributed by atoms with Crippen molar-refractivity contribution in [2.45, 2.75) is 38.0 Å². The smallest absolute Gasteiger partial charge is 0.274 e. The zero-order valence-corrected chi connectivity index (χ0v) is 17.5. The van der Waals surface area contributed by atoms with Gasteiger partial charge in [0.15, 0.2) is 0 Å². The maximum absolute atomic E-state index is 13.1. The third-order valence-electron chi connectivity index (χ3n) is 5.42. The number of morpholine rings is 1. The molecule has 1 aromatic heterocycles. The second-order valence-corrected chi connectivity index (χ2v) is 7.74. The van der Waals surface area contributed by atoms with Crippen LogP contribution in [-0.4, -0.2) is 52.9 Å². The Morgan fingerprint density at radius 2 is 2.14 bits per heavy atom. The summed E-state index contributed by atoms with van der Waals surface area (Å²) in [5.74, 6) is -0.0506. The molecule has 8 heteroatoms. The molecule has 6 nitrogen and oxygen atoms in total. The van der Waals surface area contributed by atoms with Gasteiger partial charge in [0.1, 0.15) is 11.8 Å². The molecule has 2 aromatic rings. The molecule has 0 radical (unpaired) electrons. The number of rotatable bonds is 3. The lowest BCUT2D eigenvalue weighted by atomic mass is 10.1. The predicted octanol–water partition coefficient (Wildman–Crippen LogP) is 3.49. The molecule has 4 rings (SSSR count). The molecule has 2 fully saturated rings. The lowest BCUT2D eigenvalue weighted by molar-refractivity contribution is -0.0488. The number of piperidine rings is 1. The van der Waals surface area contributed by atoms with E-state index >= 15 is 0 Å². The van der Waals surface area contributed by atoms with Gasteiger partial charge in [0.2, 0.25) is 0 Å². The lowest BCUT2D eigenvalue weighted by Gasteiger charge is -2.38. The molecule has 1 amide bonds. The number of aromatic nitrogens is 2. The van der Waals surface area contributed by atoms with Crippen molar-refractivity contribution < 1.29 is 9.53 Å². The number of benzene rings is 1. The first-order valence-electron chi connectivity index (χ1n) is 9.56. The maximum Gasteiger partial charge on any atom is 0.274 e. The normalized spacial score (nSPS) is 25.2. The van der Waals surface area contributed by atoms with Crippen LogP contribution in [0.3, 0.4) is 0 Å². The van der Waals surface area contributed by atoms with Crippen LogP contribution in [0, 0.1) is 0 Å². The fourth-order valence-electron chi connectivity index (χ4n) is 3.83. The number of carbonyl (C=O) groups excluding carboxylic acids is 1. The fraction of sp³-hybridized carbons (Fsp3) is 0.500. The van der Waals surface area contributed by atoms with E-state index in [1.165, 1.54) is 0 Å². The second-order valence-electron chi connectivity index (χ2n) is 7.33. The Morgan fingerprint density at radius 3 is 2.89 bits per heavy atom. The topological polar surface area (TPSA) is 59.4 Å². The molecule has 3 unspecified atom stereocenters. The number of amides is 1. The van der Waals surface area contributed by atoms with Crippen LogP contribution in [0.1, 0.15) is 48.0 Å². The summed E-state index contributed by atoms with van der Waals surface area (Å²) < 4.78 is 7.89. The first-order chi connectivity index (χ1) is 13.1. The van der Waals surface area contributed by atoms with Gasteiger partial charge < -0.3 is 15.0 Å². The van der Waals surface area contributed by atoms with Crippen LogP contribution in [0.25, 0.3) is 0 Å². The molecule has 0 aliphatic carbocycles. The van der Waals surface area contributed by atoms with E-state index in [0.717, 1.165) is 31.5 Å². The molecular weight excluding hydrogens is 399 g/mol. The van der Waals surface area contributed by atoms with Crippen molar-refractivity contribution in [2.24, 2.45) is 0 Å². The quantitative estimate of drug-likeness (QED) is 0.818. The molecule has 3 heterocycles. The highest BCUT2D eigenvalue weighted by Gasteiger charge is 2.33. The number of nitrogens with one attached hydrogen (secondary N) is 1. The summed E-state index contributed by atoms with van der Waals surface area (Å²) in [5.41, 5.74) is 1.41. The maximum atomic E-state index is 13.1. The highest BCUT2D eigenvalue weighted by molar-refractivity contribution is 6.31. The summed E-state index contributed by atoms with van der Waals surface area (Å²) in [5, 5.41) is 8.63. The SMILES string of the molecule is CC1COC(c2ccccc2Cl)CN1C(=O)c1ccn(C2CCCNC2)n1.Cl. The molecule has 3 atom stereocenters. The molecule has 1 N–H and O–H groups in total. The van der Waals surface area contributed by atoms with Gasteiger partial charge in [0.25, 0.3) is 5.91 Å². The van der Waals surface area contributed by atoms with Crippen molar-refractivity contribution in [1.82, 2.24) is 20.0 Å². The Bertz CT molecular complexity index is 807. The molecule has 0 saturated carbocycles. The number of halogens is 2. The van der Waals surface area contributed by atoms with E-state index < -0.39 is 0 Å². The van der Waals surface area contributed by atoms with Crippen LogP contribution in [0.5, 0.6) is 0 Å². The molecule has 0 bridgehead atoms. The minimum Gasteiger partial charge on any atom is -0.369 e. The average Bonchev–Trinajstić information content (AvgIpc) is 3.19. The van der Waals surface area contributed by atoms with Crippen molar-refractivity contribution in [3.05, 3.63) is 52.8 Å². The Kier molecular flexibility index (Phi) is 6.99. The summed E-state index contributed by atoms with van der Waals surface area (Å²) in [7, 11) is 0. The van der Waals surface area contributed by atoms with Crippen LogP contribution < -0.4 is 5.32 Å². The minimum atomic E-state index is -0.219. The highest BCUT2D eigenvalue weighted by atomic mass is 35.5. The van der Waals surface area contributed by atoms with Gasteiger partial charge in [-0.05, 0) is 38.4 Å². The van der Waals surface area contributed by atoms with Crippen molar-refractivity contribution in [1.29, 1.82) is 0 Å². The van der Waals surface area contributed by atoms with Crippen LogP contribution >= 0.6 is 24.0 Å². The van der Waals surface area contributed by atoms with Crippen molar-refractivity contribution >= 4 is 29.9 Å². The van der Waals surface area contributed by atoms with Crippen LogP contribution in [0.2, 0.25) is 5.02 Å².